The van der Waals surface area contributed by atoms with Crippen molar-refractivity contribution in [3.63, 3.8) is 0 Å². The van der Waals surface area contributed by atoms with Crippen molar-refractivity contribution < 1.29 is 0 Å². The Morgan fingerprint density at radius 2 is 0.612 bits per heavy atom. The Morgan fingerprint density at radius 1 is 0.347 bits per heavy atom. The molecule has 280 valence electrons. The summed E-state index contributed by atoms with van der Waals surface area (Å²) < 4.78 is 0. The summed E-state index contributed by atoms with van der Waals surface area (Å²) in [6, 6.07) is 13.6. The van der Waals surface area contributed by atoms with Gasteiger partial charge in [0, 0.05) is 16.8 Å². The molecule has 0 saturated carbocycles. The smallest absolute Gasteiger partial charge is 0.108 e. The maximum atomic E-state index is 4.07. The van der Waals surface area contributed by atoms with Gasteiger partial charge >= 0.3 is 0 Å². The van der Waals surface area contributed by atoms with Crippen LogP contribution < -0.4 is 10.6 Å². The maximum Gasteiger partial charge on any atom is 0.108 e. The summed E-state index contributed by atoms with van der Waals surface area (Å²) in [6.45, 7) is 4.62. The maximum absolute atomic E-state index is 4.07. The van der Waals surface area contributed by atoms with Crippen LogP contribution in [0.5, 0.6) is 0 Å². The van der Waals surface area contributed by atoms with Crippen molar-refractivity contribution in [1.82, 2.24) is 0 Å². The summed E-state index contributed by atoms with van der Waals surface area (Å²) in [5, 5.41) is 10.9. The van der Waals surface area contributed by atoms with Gasteiger partial charge in [0.2, 0.25) is 0 Å². The van der Waals surface area contributed by atoms with Gasteiger partial charge in [-0.3, -0.25) is 0 Å². The molecule has 0 spiro atoms. The van der Waals surface area contributed by atoms with Gasteiger partial charge in [-0.1, -0.05) is 231 Å². The number of hydrogen-bond acceptors (Lipinski definition) is 2. The van der Waals surface area contributed by atoms with E-state index in [1.165, 1.54) is 240 Å². The van der Waals surface area contributed by atoms with Crippen molar-refractivity contribution >= 4 is 22.1 Å². The fraction of sp³-hybridized carbons (Fsp3) is 0.787. The van der Waals surface area contributed by atoms with Gasteiger partial charge in [-0.15, -0.1) is 0 Å². The molecule has 2 N–H and O–H groups in total. The highest BCUT2D eigenvalue weighted by molar-refractivity contribution is 6.05. The molecule has 0 aliphatic carbocycles. The lowest BCUT2D eigenvalue weighted by Crippen LogP contribution is -2.48. The molecule has 49 heavy (non-hydrogen) atoms. The average molecular weight is 675 g/mol. The Morgan fingerprint density at radius 3 is 0.898 bits per heavy atom. The van der Waals surface area contributed by atoms with Crippen LogP contribution in [0.3, 0.4) is 0 Å². The van der Waals surface area contributed by atoms with Gasteiger partial charge in [-0.2, -0.15) is 0 Å². The average Bonchev–Trinajstić information content (AvgIpc) is 3.11. The van der Waals surface area contributed by atoms with Gasteiger partial charge in [0.15, 0.2) is 0 Å². The van der Waals surface area contributed by atoms with E-state index in [0.29, 0.717) is 0 Å². The summed E-state index contributed by atoms with van der Waals surface area (Å²) in [5.41, 5.74) is 2.66. The molecule has 0 aromatic heterocycles. The summed E-state index contributed by atoms with van der Waals surface area (Å²) in [7, 11) is 0. The summed E-state index contributed by atoms with van der Waals surface area (Å²) in [4.78, 5) is 0. The van der Waals surface area contributed by atoms with Crippen molar-refractivity contribution in [2.24, 2.45) is 0 Å². The van der Waals surface area contributed by atoms with E-state index in [1.54, 1.807) is 0 Å². The third kappa shape index (κ3) is 18.4. The second kappa shape index (κ2) is 28.0. The Balaban J connectivity index is 1.26. The summed E-state index contributed by atoms with van der Waals surface area (Å²) in [6.07, 6.45) is 48.2. The van der Waals surface area contributed by atoms with E-state index in [0.717, 1.165) is 0 Å². The highest BCUT2D eigenvalue weighted by Crippen LogP contribution is 2.41. The van der Waals surface area contributed by atoms with Crippen LogP contribution >= 0.6 is 0 Å². The normalized spacial score (nSPS) is 13.5. The Labute approximate surface area is 306 Å². The fourth-order valence-corrected chi connectivity index (χ4v) is 8.42. The van der Waals surface area contributed by atoms with Gasteiger partial charge in [0.1, 0.15) is 5.66 Å². The number of unbranched alkanes of at least 4 members (excludes halogenated alkanes) is 30. The first-order chi connectivity index (χ1) is 24.3. The molecular formula is C47H82N2. The van der Waals surface area contributed by atoms with E-state index in [2.05, 4.69) is 60.9 Å². The standard InChI is InChI=1S/C47H82N2/c1-3-5-7-9-11-13-15-17-19-21-23-25-27-29-31-33-41-47(48-44-39-35-37-43-38-36-40-45(49-47)46(43)44)42-34-32-30-28-26-24-22-20-18-16-14-12-10-8-6-4-2/h35-40,48-49H,3-34,41-42H2,1-2H3. The zero-order chi connectivity index (χ0) is 34.5. The largest absolute Gasteiger partial charge is 0.362 e. The molecule has 0 unspecified atom stereocenters. The number of hydrogen-bond donors (Lipinski definition) is 2. The van der Waals surface area contributed by atoms with Crippen LogP contribution in [0.25, 0.3) is 10.8 Å². The molecule has 1 heterocycles. The molecule has 2 aromatic carbocycles. The molecule has 1 aliphatic heterocycles. The summed E-state index contributed by atoms with van der Waals surface area (Å²) >= 11 is 0. The van der Waals surface area contributed by atoms with Gasteiger partial charge < -0.3 is 10.6 Å². The van der Waals surface area contributed by atoms with Crippen LogP contribution in [0.2, 0.25) is 0 Å². The lowest BCUT2D eigenvalue weighted by Gasteiger charge is -2.42. The number of rotatable bonds is 34. The molecule has 0 fully saturated rings. The second-order valence-electron chi connectivity index (χ2n) is 16.1. The molecular weight excluding hydrogens is 593 g/mol. The Bertz CT molecular complexity index is 965. The van der Waals surface area contributed by atoms with E-state index < -0.39 is 0 Å². The number of anilines is 2. The van der Waals surface area contributed by atoms with Gasteiger partial charge in [-0.25, -0.2) is 0 Å². The van der Waals surface area contributed by atoms with E-state index in [4.69, 9.17) is 0 Å². The number of nitrogens with one attached hydrogen (secondary N) is 2. The second-order valence-corrected chi connectivity index (χ2v) is 16.1. The molecule has 0 amide bonds. The minimum absolute atomic E-state index is 0.00532. The van der Waals surface area contributed by atoms with E-state index >= 15 is 0 Å². The zero-order valence-electron chi connectivity index (χ0n) is 33.0. The van der Waals surface area contributed by atoms with Crippen LogP contribution in [-0.2, 0) is 0 Å². The Kier molecular flexibility index (Phi) is 23.8. The van der Waals surface area contributed by atoms with Crippen LogP contribution in [0.4, 0.5) is 11.4 Å². The first-order valence-corrected chi connectivity index (χ1v) is 22.4. The quantitative estimate of drug-likeness (QED) is 0.0722. The predicted molar refractivity (Wildman–Crippen MR) is 222 cm³/mol. The van der Waals surface area contributed by atoms with Crippen LogP contribution in [0.15, 0.2) is 36.4 Å². The third-order valence-electron chi connectivity index (χ3n) is 11.6. The fourth-order valence-electron chi connectivity index (χ4n) is 8.42. The number of benzene rings is 2. The van der Waals surface area contributed by atoms with Crippen molar-refractivity contribution in [2.45, 2.75) is 238 Å². The molecule has 2 heteroatoms. The molecule has 2 nitrogen and oxygen atoms in total. The lowest BCUT2D eigenvalue weighted by molar-refractivity contribution is 0.401. The van der Waals surface area contributed by atoms with Crippen LogP contribution in [-0.4, -0.2) is 5.66 Å². The highest BCUT2D eigenvalue weighted by atomic mass is 15.2. The first-order valence-electron chi connectivity index (χ1n) is 22.4. The molecule has 0 atom stereocenters. The van der Waals surface area contributed by atoms with Gasteiger partial charge in [-0.05, 0) is 43.2 Å². The van der Waals surface area contributed by atoms with E-state index in [-0.39, 0.29) is 5.66 Å². The van der Waals surface area contributed by atoms with Crippen LogP contribution in [0, 0.1) is 0 Å². The molecule has 2 aromatic rings. The summed E-state index contributed by atoms with van der Waals surface area (Å²) in [5.74, 6) is 0. The lowest BCUT2D eigenvalue weighted by atomic mass is 9.90. The first kappa shape index (κ1) is 41.7. The Hall–Kier alpha value is -1.70. The van der Waals surface area contributed by atoms with Crippen molar-refractivity contribution in [1.29, 1.82) is 0 Å². The predicted octanol–water partition coefficient (Wildman–Crippen LogP) is 16.7. The molecule has 0 saturated heterocycles. The third-order valence-corrected chi connectivity index (χ3v) is 11.6. The molecule has 0 bridgehead atoms. The zero-order valence-corrected chi connectivity index (χ0v) is 33.0. The topological polar surface area (TPSA) is 24.1 Å². The van der Waals surface area contributed by atoms with Gasteiger partial charge in [0.25, 0.3) is 0 Å². The molecule has 1 aliphatic rings. The monoisotopic (exact) mass is 675 g/mol. The minimum Gasteiger partial charge on any atom is -0.362 e. The molecule has 3 rings (SSSR count). The minimum atomic E-state index is -0.00532. The van der Waals surface area contributed by atoms with Crippen molar-refractivity contribution in [2.75, 3.05) is 10.6 Å². The van der Waals surface area contributed by atoms with Crippen molar-refractivity contribution in [3.8, 4) is 0 Å². The van der Waals surface area contributed by atoms with E-state index in [1.807, 2.05) is 0 Å². The van der Waals surface area contributed by atoms with Crippen LogP contribution in [0.1, 0.15) is 232 Å². The molecule has 0 radical (unpaired) electrons. The van der Waals surface area contributed by atoms with E-state index in [9.17, 15) is 0 Å². The highest BCUT2D eigenvalue weighted by Gasteiger charge is 2.33. The van der Waals surface area contributed by atoms with Gasteiger partial charge in [0.05, 0.1) is 0 Å². The SMILES string of the molecule is CCCCCCCCCCCCCCCCCCC1(CCCCCCCCCCCCCCCCCC)Nc2cccc3cccc(c23)N1. The van der Waals surface area contributed by atoms with Crippen molar-refractivity contribution in [3.05, 3.63) is 36.4 Å².